The highest BCUT2D eigenvalue weighted by molar-refractivity contribution is 5.94. The number of amides is 1. The highest BCUT2D eigenvalue weighted by Gasteiger charge is 2.23. The van der Waals surface area contributed by atoms with E-state index in [4.69, 9.17) is 4.74 Å². The second-order valence-electron chi connectivity index (χ2n) is 5.31. The van der Waals surface area contributed by atoms with E-state index in [9.17, 15) is 9.18 Å². The Morgan fingerprint density at radius 3 is 2.14 bits per heavy atom. The molecule has 0 spiro atoms. The summed E-state index contributed by atoms with van der Waals surface area (Å²) in [5.41, 5.74) is 0.842. The SMILES string of the molecule is COc1ccc(C(C)(C)NC(=O)c2ccc(F)cc2)cc1. The average Bonchev–Trinajstić information content (AvgIpc) is 2.47. The third-order valence-electron chi connectivity index (χ3n) is 3.34. The first kappa shape index (κ1) is 15.0. The summed E-state index contributed by atoms with van der Waals surface area (Å²) in [5, 5.41) is 2.94. The number of methoxy groups -OCH3 is 1. The van der Waals surface area contributed by atoms with Crippen LogP contribution < -0.4 is 10.1 Å². The zero-order valence-electron chi connectivity index (χ0n) is 12.3. The number of hydrogen-bond donors (Lipinski definition) is 1. The average molecular weight is 287 g/mol. The van der Waals surface area contributed by atoms with Gasteiger partial charge >= 0.3 is 0 Å². The van der Waals surface area contributed by atoms with Gasteiger partial charge in [0.05, 0.1) is 12.6 Å². The molecule has 2 aromatic carbocycles. The molecule has 0 saturated carbocycles. The lowest BCUT2D eigenvalue weighted by atomic mass is 9.93. The summed E-state index contributed by atoms with van der Waals surface area (Å²) >= 11 is 0. The molecule has 0 heterocycles. The first-order chi connectivity index (χ1) is 9.92. The molecular formula is C17H18FNO2. The second kappa shape index (κ2) is 5.95. The van der Waals surface area contributed by atoms with Crippen LogP contribution in [0, 0.1) is 5.82 Å². The summed E-state index contributed by atoms with van der Waals surface area (Å²) in [6.45, 7) is 3.83. The van der Waals surface area contributed by atoms with E-state index in [1.54, 1.807) is 7.11 Å². The minimum absolute atomic E-state index is 0.240. The van der Waals surface area contributed by atoms with Crippen molar-refractivity contribution < 1.29 is 13.9 Å². The molecule has 3 nitrogen and oxygen atoms in total. The fourth-order valence-electron chi connectivity index (χ4n) is 2.04. The molecule has 2 rings (SSSR count). The Morgan fingerprint density at radius 1 is 1.05 bits per heavy atom. The molecule has 0 radical (unpaired) electrons. The first-order valence-electron chi connectivity index (χ1n) is 6.65. The van der Waals surface area contributed by atoms with E-state index >= 15 is 0 Å². The third kappa shape index (κ3) is 3.60. The van der Waals surface area contributed by atoms with Gasteiger partial charge in [0.2, 0.25) is 0 Å². The summed E-state index contributed by atoms with van der Waals surface area (Å²) in [4.78, 5) is 12.2. The standard InChI is InChI=1S/C17H18FNO2/c1-17(2,13-6-10-15(21-3)11-7-13)19-16(20)12-4-8-14(18)9-5-12/h4-11H,1-3H3,(H,19,20). The van der Waals surface area contributed by atoms with Crippen LogP contribution in [0.5, 0.6) is 5.75 Å². The van der Waals surface area contributed by atoms with Gasteiger partial charge in [0.25, 0.3) is 5.91 Å². The number of rotatable bonds is 4. The lowest BCUT2D eigenvalue weighted by Gasteiger charge is -2.27. The lowest BCUT2D eigenvalue weighted by Crippen LogP contribution is -2.40. The van der Waals surface area contributed by atoms with Crippen molar-refractivity contribution in [3.63, 3.8) is 0 Å². The zero-order chi connectivity index (χ0) is 15.5. The van der Waals surface area contributed by atoms with E-state index in [1.165, 1.54) is 24.3 Å². The van der Waals surface area contributed by atoms with E-state index < -0.39 is 5.54 Å². The zero-order valence-corrected chi connectivity index (χ0v) is 12.3. The summed E-state index contributed by atoms with van der Waals surface area (Å²) in [6.07, 6.45) is 0. The summed E-state index contributed by atoms with van der Waals surface area (Å²) < 4.78 is 18.0. The molecule has 0 unspecified atom stereocenters. The topological polar surface area (TPSA) is 38.3 Å². The van der Waals surface area contributed by atoms with Crippen LogP contribution >= 0.6 is 0 Å². The Labute approximate surface area is 123 Å². The van der Waals surface area contributed by atoms with Gasteiger partial charge in [-0.05, 0) is 55.8 Å². The number of hydrogen-bond acceptors (Lipinski definition) is 2. The molecule has 0 aliphatic rings. The highest BCUT2D eigenvalue weighted by Crippen LogP contribution is 2.23. The molecule has 0 saturated heterocycles. The summed E-state index contributed by atoms with van der Waals surface area (Å²) in [6, 6.07) is 13.0. The van der Waals surface area contributed by atoms with Crippen LogP contribution in [-0.4, -0.2) is 13.0 Å². The van der Waals surface area contributed by atoms with E-state index in [1.807, 2.05) is 38.1 Å². The van der Waals surface area contributed by atoms with Crippen molar-refractivity contribution in [1.82, 2.24) is 5.32 Å². The van der Waals surface area contributed by atoms with E-state index in [2.05, 4.69) is 5.32 Å². The molecule has 1 N–H and O–H groups in total. The van der Waals surface area contributed by atoms with Crippen molar-refractivity contribution in [3.05, 3.63) is 65.5 Å². The minimum Gasteiger partial charge on any atom is -0.497 e. The third-order valence-corrected chi connectivity index (χ3v) is 3.34. The van der Waals surface area contributed by atoms with E-state index in [-0.39, 0.29) is 11.7 Å². The molecule has 0 bridgehead atoms. The first-order valence-corrected chi connectivity index (χ1v) is 6.65. The minimum atomic E-state index is -0.544. The summed E-state index contributed by atoms with van der Waals surface area (Å²) in [7, 11) is 1.61. The molecule has 0 fully saturated rings. The number of nitrogens with one attached hydrogen (secondary N) is 1. The van der Waals surface area contributed by atoms with Gasteiger partial charge in [0.1, 0.15) is 11.6 Å². The fourth-order valence-corrected chi connectivity index (χ4v) is 2.04. The predicted octanol–water partition coefficient (Wildman–Crippen LogP) is 3.50. The van der Waals surface area contributed by atoms with Crippen LogP contribution in [0.2, 0.25) is 0 Å². The van der Waals surface area contributed by atoms with Crippen LogP contribution in [0.15, 0.2) is 48.5 Å². The van der Waals surface area contributed by atoms with Crippen molar-refractivity contribution in [2.75, 3.05) is 7.11 Å². The van der Waals surface area contributed by atoms with E-state index in [0.717, 1.165) is 11.3 Å². The maximum absolute atomic E-state index is 12.9. The second-order valence-corrected chi connectivity index (χ2v) is 5.31. The van der Waals surface area contributed by atoms with Crippen LogP contribution in [0.25, 0.3) is 0 Å². The number of halogens is 1. The molecule has 0 aliphatic carbocycles. The van der Waals surface area contributed by atoms with Crippen LogP contribution in [-0.2, 0) is 5.54 Å². The lowest BCUT2D eigenvalue weighted by molar-refractivity contribution is 0.0912. The monoisotopic (exact) mass is 287 g/mol. The molecule has 21 heavy (non-hydrogen) atoms. The number of carbonyl (C=O) groups excluding carboxylic acids is 1. The molecule has 0 atom stereocenters. The fraction of sp³-hybridized carbons (Fsp3) is 0.235. The number of carbonyl (C=O) groups is 1. The van der Waals surface area contributed by atoms with Gasteiger partial charge in [-0.3, -0.25) is 4.79 Å². The Morgan fingerprint density at radius 2 is 1.62 bits per heavy atom. The maximum atomic E-state index is 12.9. The van der Waals surface area contributed by atoms with Gasteiger partial charge in [-0.2, -0.15) is 0 Å². The van der Waals surface area contributed by atoms with Crippen molar-refractivity contribution in [1.29, 1.82) is 0 Å². The molecular weight excluding hydrogens is 269 g/mol. The molecule has 2 aromatic rings. The van der Waals surface area contributed by atoms with Crippen molar-refractivity contribution in [2.45, 2.75) is 19.4 Å². The molecule has 0 aliphatic heterocycles. The van der Waals surface area contributed by atoms with Gasteiger partial charge in [0.15, 0.2) is 0 Å². The summed E-state index contributed by atoms with van der Waals surface area (Å²) in [5.74, 6) is 0.163. The molecule has 110 valence electrons. The van der Waals surface area contributed by atoms with Crippen molar-refractivity contribution >= 4 is 5.91 Å². The number of ether oxygens (including phenoxy) is 1. The highest BCUT2D eigenvalue weighted by atomic mass is 19.1. The van der Waals surface area contributed by atoms with Crippen LogP contribution in [0.4, 0.5) is 4.39 Å². The van der Waals surface area contributed by atoms with Crippen LogP contribution in [0.3, 0.4) is 0 Å². The molecule has 1 amide bonds. The Bertz CT molecular complexity index is 618. The normalized spacial score (nSPS) is 11.0. The Balaban J connectivity index is 2.15. The smallest absolute Gasteiger partial charge is 0.251 e. The number of benzene rings is 2. The molecule has 0 aromatic heterocycles. The van der Waals surface area contributed by atoms with Crippen molar-refractivity contribution in [3.8, 4) is 5.75 Å². The van der Waals surface area contributed by atoms with Crippen molar-refractivity contribution in [2.24, 2.45) is 0 Å². The largest absolute Gasteiger partial charge is 0.497 e. The van der Waals surface area contributed by atoms with Gasteiger partial charge in [0, 0.05) is 5.56 Å². The molecule has 4 heteroatoms. The maximum Gasteiger partial charge on any atom is 0.251 e. The van der Waals surface area contributed by atoms with Gasteiger partial charge in [-0.15, -0.1) is 0 Å². The Hall–Kier alpha value is -2.36. The van der Waals surface area contributed by atoms with Gasteiger partial charge in [-0.1, -0.05) is 12.1 Å². The van der Waals surface area contributed by atoms with E-state index in [0.29, 0.717) is 5.56 Å². The Kier molecular flexibility index (Phi) is 4.26. The van der Waals surface area contributed by atoms with Gasteiger partial charge < -0.3 is 10.1 Å². The van der Waals surface area contributed by atoms with Gasteiger partial charge in [-0.25, -0.2) is 4.39 Å². The predicted molar refractivity (Wildman–Crippen MR) is 79.9 cm³/mol. The van der Waals surface area contributed by atoms with Crippen LogP contribution in [0.1, 0.15) is 29.8 Å². The quantitative estimate of drug-likeness (QED) is 0.934.